The first-order valence-corrected chi connectivity index (χ1v) is 4.76. The van der Waals surface area contributed by atoms with Crippen molar-refractivity contribution >= 4 is 0 Å². The lowest BCUT2D eigenvalue weighted by atomic mass is 9.95. The molecule has 2 heteroatoms. The molecule has 1 N–H and O–H groups in total. The summed E-state index contributed by atoms with van der Waals surface area (Å²) >= 11 is 0. The molecule has 0 spiro atoms. The first-order valence-electron chi connectivity index (χ1n) is 4.76. The van der Waals surface area contributed by atoms with E-state index in [4.69, 9.17) is 5.11 Å². The van der Waals surface area contributed by atoms with E-state index < -0.39 is 0 Å². The third kappa shape index (κ3) is 1.30. The largest absolute Gasteiger partial charge is 0.396 e. The molecule has 0 aromatic heterocycles. The molecule has 2 heterocycles. The summed E-state index contributed by atoms with van der Waals surface area (Å²) in [7, 11) is 0. The van der Waals surface area contributed by atoms with Crippen LogP contribution in [0.15, 0.2) is 0 Å². The molecule has 2 aliphatic heterocycles. The van der Waals surface area contributed by atoms with Gasteiger partial charge in [-0.1, -0.05) is 0 Å². The Morgan fingerprint density at radius 1 is 1.27 bits per heavy atom. The van der Waals surface area contributed by atoms with E-state index in [2.05, 4.69) is 4.90 Å². The van der Waals surface area contributed by atoms with Gasteiger partial charge in [-0.05, 0) is 44.7 Å². The van der Waals surface area contributed by atoms with Crippen molar-refractivity contribution in [1.29, 1.82) is 0 Å². The van der Waals surface area contributed by atoms with Gasteiger partial charge >= 0.3 is 0 Å². The minimum Gasteiger partial charge on any atom is -0.396 e. The highest BCUT2D eigenvalue weighted by molar-refractivity contribution is 4.90. The molecule has 2 fully saturated rings. The average Bonchev–Trinajstić information content (AvgIpc) is 2.53. The number of fused-ring (bicyclic) bond motifs is 1. The predicted molar refractivity (Wildman–Crippen MR) is 44.4 cm³/mol. The van der Waals surface area contributed by atoms with Crippen LogP contribution in [0.3, 0.4) is 0 Å². The van der Waals surface area contributed by atoms with E-state index in [-0.39, 0.29) is 0 Å². The van der Waals surface area contributed by atoms with E-state index in [0.717, 1.165) is 18.4 Å². The van der Waals surface area contributed by atoms with Crippen LogP contribution in [0, 0.1) is 5.92 Å². The van der Waals surface area contributed by atoms with Crippen LogP contribution in [0.2, 0.25) is 0 Å². The minimum atomic E-state index is 0.384. The molecular weight excluding hydrogens is 138 g/mol. The van der Waals surface area contributed by atoms with Crippen LogP contribution in [-0.4, -0.2) is 35.7 Å². The number of nitrogens with zero attached hydrogens (tertiary/aromatic N) is 1. The predicted octanol–water partition coefficient (Wildman–Crippen LogP) is 0.853. The summed E-state index contributed by atoms with van der Waals surface area (Å²) in [6, 6.07) is 0.835. The van der Waals surface area contributed by atoms with Crippen LogP contribution >= 0.6 is 0 Å². The molecule has 0 saturated carbocycles. The fraction of sp³-hybridized carbons (Fsp3) is 1.00. The lowest BCUT2D eigenvalue weighted by molar-refractivity contribution is 0.226. The average molecular weight is 155 g/mol. The second-order valence-corrected chi connectivity index (χ2v) is 3.81. The summed E-state index contributed by atoms with van der Waals surface area (Å²) in [6.07, 6.45) is 5.11. The molecule has 11 heavy (non-hydrogen) atoms. The van der Waals surface area contributed by atoms with Gasteiger partial charge in [-0.15, -0.1) is 0 Å². The van der Waals surface area contributed by atoms with Crippen LogP contribution in [0.5, 0.6) is 0 Å². The maximum absolute atomic E-state index is 8.83. The van der Waals surface area contributed by atoms with E-state index in [0.29, 0.717) is 6.61 Å². The maximum atomic E-state index is 8.83. The number of hydrogen-bond acceptors (Lipinski definition) is 2. The van der Waals surface area contributed by atoms with Gasteiger partial charge in [-0.2, -0.15) is 0 Å². The highest BCUT2D eigenvalue weighted by Gasteiger charge is 2.36. The van der Waals surface area contributed by atoms with Crippen molar-refractivity contribution in [2.75, 3.05) is 19.7 Å². The Hall–Kier alpha value is -0.0800. The zero-order valence-electron chi connectivity index (χ0n) is 7.00. The van der Waals surface area contributed by atoms with Crippen molar-refractivity contribution in [2.45, 2.75) is 31.7 Å². The van der Waals surface area contributed by atoms with E-state index in [1.54, 1.807) is 0 Å². The van der Waals surface area contributed by atoms with Gasteiger partial charge in [0.25, 0.3) is 0 Å². The molecule has 0 amide bonds. The Morgan fingerprint density at radius 3 is 3.00 bits per heavy atom. The first-order chi connectivity index (χ1) is 5.42. The fourth-order valence-corrected chi connectivity index (χ4v) is 2.69. The van der Waals surface area contributed by atoms with E-state index in [1.807, 2.05) is 0 Å². The van der Waals surface area contributed by atoms with Crippen molar-refractivity contribution < 1.29 is 5.11 Å². The van der Waals surface area contributed by atoms with Crippen LogP contribution in [0.4, 0.5) is 0 Å². The lowest BCUT2D eigenvalue weighted by Gasteiger charge is -2.18. The summed E-state index contributed by atoms with van der Waals surface area (Å²) in [5.41, 5.74) is 0. The molecule has 64 valence electrons. The highest BCUT2D eigenvalue weighted by atomic mass is 16.3. The van der Waals surface area contributed by atoms with Gasteiger partial charge in [0.1, 0.15) is 0 Å². The van der Waals surface area contributed by atoms with Crippen LogP contribution in [-0.2, 0) is 0 Å². The molecule has 0 bridgehead atoms. The third-order valence-corrected chi connectivity index (χ3v) is 3.25. The zero-order valence-corrected chi connectivity index (χ0v) is 7.00. The van der Waals surface area contributed by atoms with Crippen LogP contribution < -0.4 is 0 Å². The molecule has 0 unspecified atom stereocenters. The molecular formula is C9H17NO. The molecule has 0 aromatic carbocycles. The Balaban J connectivity index is 1.92. The molecule has 2 aliphatic rings. The van der Waals surface area contributed by atoms with Gasteiger partial charge < -0.3 is 10.0 Å². The summed E-state index contributed by atoms with van der Waals surface area (Å²) in [5, 5.41) is 8.83. The van der Waals surface area contributed by atoms with Crippen molar-refractivity contribution in [2.24, 2.45) is 5.92 Å². The van der Waals surface area contributed by atoms with Crippen molar-refractivity contribution in [3.05, 3.63) is 0 Å². The van der Waals surface area contributed by atoms with Gasteiger partial charge in [0.05, 0.1) is 0 Å². The number of aliphatic hydroxyl groups excluding tert-OH is 1. The Bertz CT molecular complexity index is 136. The minimum absolute atomic E-state index is 0.384. The third-order valence-electron chi connectivity index (χ3n) is 3.25. The van der Waals surface area contributed by atoms with Gasteiger partial charge in [0.15, 0.2) is 0 Å². The van der Waals surface area contributed by atoms with Crippen molar-refractivity contribution in [1.82, 2.24) is 4.90 Å². The summed E-state index contributed by atoms with van der Waals surface area (Å²) in [5.74, 6) is 0.808. The molecule has 0 radical (unpaired) electrons. The fourth-order valence-electron chi connectivity index (χ4n) is 2.69. The second kappa shape index (κ2) is 3.11. The Labute approximate surface area is 68.2 Å². The molecule has 2 saturated heterocycles. The zero-order chi connectivity index (χ0) is 7.68. The molecule has 2 atom stereocenters. The van der Waals surface area contributed by atoms with Gasteiger partial charge in [-0.3, -0.25) is 0 Å². The molecule has 2 nitrogen and oxygen atoms in total. The molecule has 2 rings (SSSR count). The van der Waals surface area contributed by atoms with Crippen molar-refractivity contribution in [3.63, 3.8) is 0 Å². The number of rotatable bonds is 2. The smallest absolute Gasteiger partial charge is 0.0434 e. The first kappa shape index (κ1) is 7.56. The van der Waals surface area contributed by atoms with E-state index in [9.17, 15) is 0 Å². The standard InChI is InChI=1S/C9H17NO/c11-7-4-8-3-6-10-5-1-2-9(8)10/h8-9,11H,1-7H2/t8-,9+/m0/s1. The topological polar surface area (TPSA) is 23.5 Å². The SMILES string of the molecule is OCC[C@@H]1CCN2CCC[C@H]12. The Kier molecular flexibility index (Phi) is 2.14. The molecule has 0 aromatic rings. The summed E-state index contributed by atoms with van der Waals surface area (Å²) in [4.78, 5) is 2.60. The van der Waals surface area contributed by atoms with Gasteiger partial charge in [0, 0.05) is 12.6 Å². The van der Waals surface area contributed by atoms with Crippen LogP contribution in [0.25, 0.3) is 0 Å². The van der Waals surface area contributed by atoms with E-state index >= 15 is 0 Å². The van der Waals surface area contributed by atoms with Crippen LogP contribution in [0.1, 0.15) is 25.7 Å². The molecule has 0 aliphatic carbocycles. The lowest BCUT2D eigenvalue weighted by Crippen LogP contribution is -2.26. The monoisotopic (exact) mass is 155 g/mol. The number of hydrogen-bond donors (Lipinski definition) is 1. The normalized spacial score (nSPS) is 37.9. The quantitative estimate of drug-likeness (QED) is 0.639. The Morgan fingerprint density at radius 2 is 2.18 bits per heavy atom. The summed E-state index contributed by atoms with van der Waals surface area (Å²) in [6.45, 7) is 2.98. The van der Waals surface area contributed by atoms with E-state index in [1.165, 1.54) is 32.4 Å². The van der Waals surface area contributed by atoms with Gasteiger partial charge in [0.2, 0.25) is 0 Å². The number of aliphatic hydroxyl groups is 1. The second-order valence-electron chi connectivity index (χ2n) is 3.81. The summed E-state index contributed by atoms with van der Waals surface area (Å²) < 4.78 is 0. The highest BCUT2D eigenvalue weighted by Crippen LogP contribution is 2.34. The maximum Gasteiger partial charge on any atom is 0.0434 e. The van der Waals surface area contributed by atoms with Crippen molar-refractivity contribution in [3.8, 4) is 0 Å². The van der Waals surface area contributed by atoms with Gasteiger partial charge in [-0.25, -0.2) is 0 Å².